The first kappa shape index (κ1) is 18.6. The fourth-order valence-corrected chi connectivity index (χ4v) is 5.03. The third kappa shape index (κ3) is 3.20. The molecule has 5 rings (SSSR count). The first-order valence-corrected chi connectivity index (χ1v) is 10.5. The van der Waals surface area contributed by atoms with Gasteiger partial charge >= 0.3 is 0 Å². The van der Waals surface area contributed by atoms with Crippen molar-refractivity contribution in [2.45, 2.75) is 31.7 Å². The molecule has 0 aromatic carbocycles. The van der Waals surface area contributed by atoms with Crippen molar-refractivity contribution in [3.63, 3.8) is 0 Å². The van der Waals surface area contributed by atoms with Crippen LogP contribution in [0.1, 0.15) is 25.0 Å². The van der Waals surface area contributed by atoms with E-state index in [1.807, 2.05) is 59.1 Å². The van der Waals surface area contributed by atoms with Crippen molar-refractivity contribution in [3.8, 4) is 11.4 Å². The van der Waals surface area contributed by atoms with Gasteiger partial charge in [0.25, 0.3) is 0 Å². The SMILES string of the molecule is CN1C(=O)C2(CCNCC2)C[C@@H]1Cc1cccc(-c2cnc3ccc(Cl)cn23)n1. The molecule has 0 bridgehead atoms. The van der Waals surface area contributed by atoms with Gasteiger partial charge in [-0.3, -0.25) is 14.2 Å². The summed E-state index contributed by atoms with van der Waals surface area (Å²) in [5, 5.41) is 4.04. The summed E-state index contributed by atoms with van der Waals surface area (Å²) >= 11 is 6.17. The summed E-state index contributed by atoms with van der Waals surface area (Å²) in [6, 6.07) is 9.99. The topological polar surface area (TPSA) is 62.5 Å². The van der Waals surface area contributed by atoms with Crippen LogP contribution in [-0.2, 0) is 11.2 Å². The van der Waals surface area contributed by atoms with Crippen LogP contribution < -0.4 is 5.32 Å². The van der Waals surface area contributed by atoms with Crippen LogP contribution in [-0.4, -0.2) is 51.4 Å². The van der Waals surface area contributed by atoms with Gasteiger partial charge in [-0.25, -0.2) is 4.98 Å². The predicted octanol–water partition coefficient (Wildman–Crippen LogP) is 3.19. The van der Waals surface area contributed by atoms with E-state index in [9.17, 15) is 4.79 Å². The highest BCUT2D eigenvalue weighted by molar-refractivity contribution is 6.30. The maximum Gasteiger partial charge on any atom is 0.228 e. The second kappa shape index (κ2) is 7.11. The lowest BCUT2D eigenvalue weighted by atomic mass is 9.76. The number of pyridine rings is 2. The molecule has 1 spiro atoms. The number of rotatable bonds is 3. The number of nitrogens with zero attached hydrogens (tertiary/aromatic N) is 4. The van der Waals surface area contributed by atoms with Crippen LogP contribution in [0.3, 0.4) is 0 Å². The number of likely N-dealkylation sites (tertiary alicyclic amines) is 1. The van der Waals surface area contributed by atoms with Crippen LogP contribution in [0, 0.1) is 5.41 Å². The number of carbonyl (C=O) groups is 1. The minimum absolute atomic E-state index is 0.180. The molecule has 2 aliphatic rings. The first-order chi connectivity index (χ1) is 14.1. The minimum atomic E-state index is -0.180. The molecule has 5 heterocycles. The molecule has 0 saturated carbocycles. The summed E-state index contributed by atoms with van der Waals surface area (Å²) in [6.45, 7) is 1.85. The molecule has 2 fully saturated rings. The molecular formula is C22H24ClN5O. The highest BCUT2D eigenvalue weighted by atomic mass is 35.5. The molecule has 0 unspecified atom stereocenters. The molecule has 2 aliphatic heterocycles. The molecule has 29 heavy (non-hydrogen) atoms. The number of imidazole rings is 1. The van der Waals surface area contributed by atoms with Gasteiger partial charge in [-0.2, -0.15) is 0 Å². The maximum absolute atomic E-state index is 13.0. The Labute approximate surface area is 174 Å². The van der Waals surface area contributed by atoms with E-state index in [-0.39, 0.29) is 11.5 Å². The number of likely N-dealkylation sites (N-methyl/N-ethyl adjacent to an activating group) is 1. The molecule has 0 radical (unpaired) electrons. The van der Waals surface area contributed by atoms with Gasteiger partial charge in [0.2, 0.25) is 5.91 Å². The number of hydrogen-bond acceptors (Lipinski definition) is 4. The molecule has 3 aromatic rings. The number of nitrogens with one attached hydrogen (secondary N) is 1. The molecule has 2 saturated heterocycles. The Morgan fingerprint density at radius 1 is 1.24 bits per heavy atom. The summed E-state index contributed by atoms with van der Waals surface area (Å²) in [5.74, 6) is 0.302. The number of halogens is 1. The quantitative estimate of drug-likeness (QED) is 0.721. The second-order valence-corrected chi connectivity index (χ2v) is 8.68. The van der Waals surface area contributed by atoms with E-state index in [4.69, 9.17) is 16.6 Å². The van der Waals surface area contributed by atoms with E-state index in [1.165, 1.54) is 0 Å². The summed E-state index contributed by atoms with van der Waals surface area (Å²) in [4.78, 5) is 24.3. The number of hydrogen-bond donors (Lipinski definition) is 1. The number of fused-ring (bicyclic) bond motifs is 1. The van der Waals surface area contributed by atoms with Gasteiger partial charge in [-0.15, -0.1) is 0 Å². The maximum atomic E-state index is 13.0. The molecule has 1 amide bonds. The standard InChI is InChI=1S/C22H24ClN5O/c1-27-17(12-22(21(27)29)7-9-24-10-8-22)11-16-3-2-4-18(26-16)19-13-25-20-6-5-15(23)14-28(19)20/h2-6,13-14,17,24H,7-12H2,1H3/t17-/m0/s1. The van der Waals surface area contributed by atoms with Crippen molar-refractivity contribution < 1.29 is 4.79 Å². The molecule has 1 atom stereocenters. The number of piperidine rings is 1. The zero-order chi connectivity index (χ0) is 20.0. The molecule has 6 nitrogen and oxygen atoms in total. The van der Waals surface area contributed by atoms with E-state index < -0.39 is 0 Å². The summed E-state index contributed by atoms with van der Waals surface area (Å²) < 4.78 is 1.96. The van der Waals surface area contributed by atoms with Gasteiger partial charge in [0.15, 0.2) is 0 Å². The molecule has 0 aliphatic carbocycles. The van der Waals surface area contributed by atoms with Crippen LogP contribution in [0.5, 0.6) is 0 Å². The van der Waals surface area contributed by atoms with Crippen LogP contribution in [0.25, 0.3) is 17.0 Å². The van der Waals surface area contributed by atoms with Gasteiger partial charge in [0, 0.05) is 31.4 Å². The van der Waals surface area contributed by atoms with Crippen molar-refractivity contribution in [1.82, 2.24) is 24.6 Å². The Balaban J connectivity index is 1.42. The van der Waals surface area contributed by atoms with Crippen LogP contribution in [0.2, 0.25) is 5.02 Å². The van der Waals surface area contributed by atoms with E-state index in [0.29, 0.717) is 10.9 Å². The highest BCUT2D eigenvalue weighted by Crippen LogP contribution is 2.43. The van der Waals surface area contributed by atoms with Crippen molar-refractivity contribution >= 4 is 23.2 Å². The summed E-state index contributed by atoms with van der Waals surface area (Å²) in [6.07, 6.45) is 7.24. The number of carbonyl (C=O) groups excluding carboxylic acids is 1. The highest BCUT2D eigenvalue weighted by Gasteiger charge is 2.50. The van der Waals surface area contributed by atoms with E-state index in [2.05, 4.69) is 10.3 Å². The van der Waals surface area contributed by atoms with Crippen molar-refractivity contribution in [2.24, 2.45) is 5.41 Å². The second-order valence-electron chi connectivity index (χ2n) is 8.24. The average molecular weight is 410 g/mol. The Morgan fingerprint density at radius 3 is 2.90 bits per heavy atom. The normalized spacial score (nSPS) is 21.4. The third-order valence-electron chi connectivity index (χ3n) is 6.49. The Bertz CT molecular complexity index is 1070. The predicted molar refractivity (Wildman–Crippen MR) is 113 cm³/mol. The summed E-state index contributed by atoms with van der Waals surface area (Å²) in [7, 11) is 1.94. The zero-order valence-electron chi connectivity index (χ0n) is 16.4. The van der Waals surface area contributed by atoms with Crippen LogP contribution in [0.15, 0.2) is 42.7 Å². The van der Waals surface area contributed by atoms with E-state index >= 15 is 0 Å². The third-order valence-corrected chi connectivity index (χ3v) is 6.72. The van der Waals surface area contributed by atoms with Crippen molar-refractivity contribution in [1.29, 1.82) is 0 Å². The van der Waals surface area contributed by atoms with Gasteiger partial charge < -0.3 is 10.2 Å². The van der Waals surface area contributed by atoms with Gasteiger partial charge in [0.05, 0.1) is 28.0 Å². The first-order valence-electron chi connectivity index (χ1n) is 10.1. The fourth-order valence-electron chi connectivity index (χ4n) is 4.87. The largest absolute Gasteiger partial charge is 0.342 e. The molecule has 3 aromatic heterocycles. The van der Waals surface area contributed by atoms with E-state index in [0.717, 1.165) is 61.5 Å². The lowest BCUT2D eigenvalue weighted by Crippen LogP contribution is -2.42. The zero-order valence-corrected chi connectivity index (χ0v) is 17.2. The molecule has 1 N–H and O–H groups in total. The van der Waals surface area contributed by atoms with Gasteiger partial charge in [-0.05, 0) is 56.6 Å². The van der Waals surface area contributed by atoms with Gasteiger partial charge in [0.1, 0.15) is 5.65 Å². The Hall–Kier alpha value is -2.44. The number of aromatic nitrogens is 3. The smallest absolute Gasteiger partial charge is 0.228 e. The van der Waals surface area contributed by atoms with Crippen LogP contribution in [0.4, 0.5) is 0 Å². The average Bonchev–Trinajstić information content (AvgIpc) is 3.24. The van der Waals surface area contributed by atoms with Crippen LogP contribution >= 0.6 is 11.6 Å². The molecule has 150 valence electrons. The van der Waals surface area contributed by atoms with Crippen molar-refractivity contribution in [2.75, 3.05) is 20.1 Å². The number of amides is 1. The monoisotopic (exact) mass is 409 g/mol. The van der Waals surface area contributed by atoms with Crippen molar-refractivity contribution in [3.05, 3.63) is 53.4 Å². The Morgan fingerprint density at radius 2 is 2.07 bits per heavy atom. The van der Waals surface area contributed by atoms with E-state index in [1.54, 1.807) is 0 Å². The molecular weight excluding hydrogens is 386 g/mol. The molecule has 7 heteroatoms. The Kier molecular flexibility index (Phi) is 4.56. The lowest BCUT2D eigenvalue weighted by Gasteiger charge is -2.31. The fraction of sp³-hybridized carbons (Fsp3) is 0.409. The van der Waals surface area contributed by atoms with Gasteiger partial charge in [-0.1, -0.05) is 17.7 Å². The minimum Gasteiger partial charge on any atom is -0.342 e. The lowest BCUT2D eigenvalue weighted by molar-refractivity contribution is -0.136. The summed E-state index contributed by atoms with van der Waals surface area (Å²) in [5.41, 5.74) is 3.43.